The molecule has 0 aromatic heterocycles. The van der Waals surface area contributed by atoms with Gasteiger partial charge in [-0.25, -0.2) is 0 Å². The van der Waals surface area contributed by atoms with E-state index in [0.717, 1.165) is 16.0 Å². The molecular weight excluding hydrogens is 360 g/mol. The van der Waals surface area contributed by atoms with Crippen LogP contribution in [0.25, 0.3) is 0 Å². The normalized spacial score (nSPS) is 29.5. The molecule has 2 aromatic rings. The number of amides is 2. The van der Waals surface area contributed by atoms with E-state index in [1.165, 1.54) is 0 Å². The number of nitro groups is 1. The van der Waals surface area contributed by atoms with Gasteiger partial charge in [0, 0.05) is 35.1 Å². The summed E-state index contributed by atoms with van der Waals surface area (Å²) < 4.78 is 0. The van der Waals surface area contributed by atoms with E-state index in [1.807, 2.05) is 24.3 Å². The van der Waals surface area contributed by atoms with Crippen molar-refractivity contribution in [1.82, 2.24) is 4.90 Å². The average Bonchev–Trinajstić information content (AvgIpc) is 2.97. The Bertz CT molecular complexity index is 985. The van der Waals surface area contributed by atoms with Gasteiger partial charge in [0.05, 0.1) is 5.92 Å². The number of aliphatic hydroxyl groups excluding tert-OH is 1. The fourth-order valence-electron chi connectivity index (χ4n) is 5.55. The Kier molecular flexibility index (Phi) is 3.49. The number of hydrogen-bond donors (Lipinski definition) is 1. The zero-order valence-corrected chi connectivity index (χ0v) is 14.9. The molecular formula is C21H18N2O5. The molecule has 142 valence electrons. The lowest BCUT2D eigenvalue weighted by Crippen LogP contribution is -2.57. The van der Waals surface area contributed by atoms with Gasteiger partial charge in [0.1, 0.15) is 5.92 Å². The molecule has 4 aliphatic rings. The topological polar surface area (TPSA) is 101 Å². The van der Waals surface area contributed by atoms with Crippen LogP contribution >= 0.6 is 0 Å². The number of rotatable bonds is 4. The third-order valence-electron chi connectivity index (χ3n) is 6.49. The predicted octanol–water partition coefficient (Wildman–Crippen LogP) is 1.65. The fourth-order valence-corrected chi connectivity index (χ4v) is 5.55. The summed E-state index contributed by atoms with van der Waals surface area (Å²) in [6.45, 7) is -0.0783. The molecule has 1 aliphatic heterocycles. The van der Waals surface area contributed by atoms with Gasteiger partial charge in [-0.05, 0) is 17.5 Å². The standard InChI is InChI=1S/C21H18N2O5/c24-11-5-10-22-19(25)17-16-12-6-1-3-8-14(12)21(23(27)28,18(17)20(22)26)15-9-4-2-7-13(15)16/h1-4,6-9,16-18,24H,5,10-11H2/t16?,17-,18-,21?/m0/s1. The minimum Gasteiger partial charge on any atom is -0.396 e. The first-order chi connectivity index (χ1) is 13.5. The van der Waals surface area contributed by atoms with Crippen molar-refractivity contribution >= 4 is 11.8 Å². The highest BCUT2D eigenvalue weighted by molar-refractivity contribution is 6.08. The molecule has 2 amide bonds. The molecule has 2 bridgehead atoms. The van der Waals surface area contributed by atoms with Crippen molar-refractivity contribution in [2.75, 3.05) is 13.2 Å². The van der Waals surface area contributed by atoms with Gasteiger partial charge in [-0.3, -0.25) is 24.6 Å². The van der Waals surface area contributed by atoms with Crippen LogP contribution in [0.1, 0.15) is 34.6 Å². The highest BCUT2D eigenvalue weighted by Crippen LogP contribution is 2.64. The fraction of sp³-hybridized carbons (Fsp3) is 0.333. The van der Waals surface area contributed by atoms with Crippen LogP contribution < -0.4 is 0 Å². The van der Waals surface area contributed by atoms with E-state index in [4.69, 9.17) is 5.11 Å². The number of hydrogen-bond acceptors (Lipinski definition) is 5. The SMILES string of the molecule is O=C1[C@@H]2[C@@H](C(=O)N1CCCO)C1c3ccccc3C2([N+](=O)[O-])c2ccccc21. The van der Waals surface area contributed by atoms with E-state index in [2.05, 4.69) is 0 Å². The van der Waals surface area contributed by atoms with E-state index in [0.29, 0.717) is 11.1 Å². The van der Waals surface area contributed by atoms with Gasteiger partial charge < -0.3 is 5.11 Å². The lowest BCUT2D eigenvalue weighted by molar-refractivity contribution is -0.578. The molecule has 1 N–H and O–H groups in total. The first-order valence-electron chi connectivity index (χ1n) is 9.34. The second-order valence-electron chi connectivity index (χ2n) is 7.58. The summed E-state index contributed by atoms with van der Waals surface area (Å²) in [5.41, 5.74) is 0.756. The van der Waals surface area contributed by atoms with Crippen molar-refractivity contribution in [2.45, 2.75) is 17.9 Å². The highest BCUT2D eigenvalue weighted by Gasteiger charge is 2.74. The molecule has 0 spiro atoms. The smallest absolute Gasteiger partial charge is 0.284 e. The van der Waals surface area contributed by atoms with Crippen LogP contribution in [0.15, 0.2) is 48.5 Å². The molecule has 3 aliphatic carbocycles. The lowest BCUT2D eigenvalue weighted by atomic mass is 9.51. The Morgan fingerprint density at radius 1 is 1.00 bits per heavy atom. The predicted molar refractivity (Wildman–Crippen MR) is 97.9 cm³/mol. The number of benzene rings is 2. The number of carbonyl (C=O) groups excluding carboxylic acids is 2. The summed E-state index contributed by atoms with van der Waals surface area (Å²) in [5, 5.41) is 21.8. The van der Waals surface area contributed by atoms with E-state index in [9.17, 15) is 19.7 Å². The van der Waals surface area contributed by atoms with Gasteiger partial charge in [-0.15, -0.1) is 0 Å². The van der Waals surface area contributed by atoms with E-state index < -0.39 is 23.3 Å². The van der Waals surface area contributed by atoms with E-state index in [-0.39, 0.29) is 36.3 Å². The van der Waals surface area contributed by atoms with Crippen LogP contribution in [0, 0.1) is 22.0 Å². The Balaban J connectivity index is 1.83. The Labute approximate surface area is 160 Å². The molecule has 7 nitrogen and oxygen atoms in total. The Morgan fingerprint density at radius 3 is 2.11 bits per heavy atom. The first-order valence-corrected chi connectivity index (χ1v) is 9.34. The number of nitrogens with zero attached hydrogens (tertiary/aromatic N) is 2. The van der Waals surface area contributed by atoms with Crippen LogP contribution in [0.3, 0.4) is 0 Å². The molecule has 1 saturated heterocycles. The van der Waals surface area contributed by atoms with Crippen molar-refractivity contribution in [1.29, 1.82) is 0 Å². The van der Waals surface area contributed by atoms with Gasteiger partial charge in [0.25, 0.3) is 5.54 Å². The largest absolute Gasteiger partial charge is 0.396 e. The quantitative estimate of drug-likeness (QED) is 0.495. The third-order valence-corrected chi connectivity index (χ3v) is 6.49. The zero-order valence-electron chi connectivity index (χ0n) is 14.9. The maximum atomic E-state index is 13.3. The van der Waals surface area contributed by atoms with Crippen LogP contribution in [-0.4, -0.2) is 39.9 Å². The van der Waals surface area contributed by atoms with Crippen molar-refractivity contribution in [3.63, 3.8) is 0 Å². The molecule has 2 aromatic carbocycles. The van der Waals surface area contributed by atoms with Crippen LogP contribution in [0.5, 0.6) is 0 Å². The highest BCUT2D eigenvalue weighted by atomic mass is 16.6. The molecule has 2 atom stereocenters. The number of likely N-dealkylation sites (tertiary alicyclic amines) is 1. The number of aliphatic hydroxyl groups is 1. The van der Waals surface area contributed by atoms with Crippen molar-refractivity contribution in [3.05, 3.63) is 80.9 Å². The second kappa shape index (κ2) is 5.72. The molecule has 28 heavy (non-hydrogen) atoms. The second-order valence-corrected chi connectivity index (χ2v) is 7.58. The van der Waals surface area contributed by atoms with Crippen molar-refractivity contribution in [2.24, 2.45) is 11.8 Å². The lowest BCUT2D eigenvalue weighted by Gasteiger charge is -2.48. The molecule has 0 radical (unpaired) electrons. The molecule has 6 rings (SSSR count). The van der Waals surface area contributed by atoms with Crippen molar-refractivity contribution < 1.29 is 19.6 Å². The monoisotopic (exact) mass is 378 g/mol. The minimum absolute atomic E-state index is 0.0777. The summed E-state index contributed by atoms with van der Waals surface area (Å²) in [4.78, 5) is 39.9. The third kappa shape index (κ3) is 1.77. The molecule has 1 fully saturated rings. The van der Waals surface area contributed by atoms with Crippen LogP contribution in [0.4, 0.5) is 0 Å². The first kappa shape index (κ1) is 17.1. The average molecular weight is 378 g/mol. The van der Waals surface area contributed by atoms with Crippen molar-refractivity contribution in [3.8, 4) is 0 Å². The molecule has 7 heteroatoms. The zero-order chi connectivity index (χ0) is 19.6. The number of carbonyl (C=O) groups is 2. The molecule has 0 saturated carbocycles. The molecule has 1 heterocycles. The van der Waals surface area contributed by atoms with E-state index in [1.54, 1.807) is 24.3 Å². The Morgan fingerprint density at radius 2 is 1.57 bits per heavy atom. The summed E-state index contributed by atoms with van der Waals surface area (Å²) >= 11 is 0. The summed E-state index contributed by atoms with van der Waals surface area (Å²) in [6, 6.07) is 14.2. The number of imide groups is 1. The van der Waals surface area contributed by atoms with Crippen LogP contribution in [0.2, 0.25) is 0 Å². The Hall–Kier alpha value is -3.06. The van der Waals surface area contributed by atoms with Gasteiger partial charge >= 0.3 is 0 Å². The maximum Gasteiger partial charge on any atom is 0.284 e. The van der Waals surface area contributed by atoms with Gasteiger partial charge in [0.2, 0.25) is 11.8 Å². The summed E-state index contributed by atoms with van der Waals surface area (Å²) in [5.74, 6) is -3.11. The van der Waals surface area contributed by atoms with Gasteiger partial charge in [0.15, 0.2) is 0 Å². The molecule has 0 unspecified atom stereocenters. The minimum atomic E-state index is -1.77. The van der Waals surface area contributed by atoms with Gasteiger partial charge in [-0.2, -0.15) is 0 Å². The van der Waals surface area contributed by atoms with Crippen LogP contribution in [-0.2, 0) is 15.1 Å². The van der Waals surface area contributed by atoms with E-state index >= 15 is 0 Å². The van der Waals surface area contributed by atoms with Gasteiger partial charge in [-0.1, -0.05) is 48.5 Å². The summed E-state index contributed by atoms with van der Waals surface area (Å²) in [6.07, 6.45) is 0.257. The maximum absolute atomic E-state index is 13.3. The summed E-state index contributed by atoms with van der Waals surface area (Å²) in [7, 11) is 0.